The Hall–Kier alpha value is -4.38. The molecule has 0 amide bonds. The third kappa shape index (κ3) is 2.61. The van der Waals surface area contributed by atoms with Crippen molar-refractivity contribution in [2.24, 2.45) is 0 Å². The molecule has 1 aliphatic rings. The largest absolute Gasteiger partial charge is 0.455 e. The lowest BCUT2D eigenvalue weighted by Gasteiger charge is -2.19. The molecule has 3 heterocycles. The molecule has 162 valence electrons. The molecule has 0 fully saturated rings. The van der Waals surface area contributed by atoms with Gasteiger partial charge in [-0.2, -0.15) is 0 Å². The summed E-state index contributed by atoms with van der Waals surface area (Å²) in [5, 5.41) is 2.15. The molecule has 0 unspecified atom stereocenters. The molecule has 0 spiro atoms. The average molecular weight is 441 g/mol. The van der Waals surface area contributed by atoms with E-state index in [2.05, 4.69) is 31.0 Å². The number of hydrogen-bond acceptors (Lipinski definition) is 5. The van der Waals surface area contributed by atoms with E-state index in [0.717, 1.165) is 55.6 Å². The summed E-state index contributed by atoms with van der Waals surface area (Å²) in [6.45, 7) is 4.35. The van der Waals surface area contributed by atoms with E-state index in [9.17, 15) is 0 Å². The van der Waals surface area contributed by atoms with Crippen molar-refractivity contribution < 1.29 is 4.42 Å². The topological polar surface area (TPSA) is 64.7 Å². The molecule has 0 N–H and O–H groups in total. The molecular formula is C29H20N4O. The molecule has 0 bridgehead atoms. The molecule has 34 heavy (non-hydrogen) atoms. The number of aromatic nitrogens is 4. The number of furan rings is 1. The highest BCUT2D eigenvalue weighted by Gasteiger charge is 2.39. The second-order valence-corrected chi connectivity index (χ2v) is 9.18. The summed E-state index contributed by atoms with van der Waals surface area (Å²) in [5.41, 5.74) is 7.10. The molecule has 0 aliphatic heterocycles. The Morgan fingerprint density at radius 2 is 1.29 bits per heavy atom. The zero-order chi connectivity index (χ0) is 22.9. The molecule has 3 aromatic carbocycles. The Kier molecular flexibility index (Phi) is 3.83. The van der Waals surface area contributed by atoms with Crippen LogP contribution in [0.4, 0.5) is 0 Å². The fourth-order valence-electron chi connectivity index (χ4n) is 4.96. The van der Waals surface area contributed by atoms with Gasteiger partial charge in [0.2, 0.25) is 0 Å². The normalized spacial score (nSPS) is 13.8. The summed E-state index contributed by atoms with van der Waals surface area (Å²) in [4.78, 5) is 19.5. The molecule has 0 saturated carbocycles. The number of nitrogens with zero attached hydrogens (tertiary/aromatic N) is 4. The van der Waals surface area contributed by atoms with E-state index in [1.54, 1.807) is 0 Å². The van der Waals surface area contributed by atoms with Gasteiger partial charge < -0.3 is 4.42 Å². The maximum Gasteiger partial charge on any atom is 0.163 e. The first-order chi connectivity index (χ1) is 16.6. The van der Waals surface area contributed by atoms with E-state index in [1.807, 2.05) is 73.1 Å². The van der Waals surface area contributed by atoms with E-state index < -0.39 is 0 Å². The Bertz CT molecular complexity index is 1730. The minimum Gasteiger partial charge on any atom is -0.455 e. The van der Waals surface area contributed by atoms with Crippen molar-refractivity contribution in [3.8, 4) is 34.2 Å². The Balaban J connectivity index is 1.45. The minimum atomic E-state index is -0.274. The zero-order valence-electron chi connectivity index (χ0n) is 18.8. The highest BCUT2D eigenvalue weighted by Crippen LogP contribution is 2.47. The van der Waals surface area contributed by atoms with Gasteiger partial charge >= 0.3 is 0 Å². The third-order valence-electron chi connectivity index (χ3n) is 6.83. The van der Waals surface area contributed by atoms with E-state index in [-0.39, 0.29) is 5.41 Å². The van der Waals surface area contributed by atoms with Crippen molar-refractivity contribution in [3.05, 3.63) is 96.3 Å². The van der Waals surface area contributed by atoms with Gasteiger partial charge in [-0.05, 0) is 12.1 Å². The van der Waals surface area contributed by atoms with E-state index in [0.29, 0.717) is 11.6 Å². The van der Waals surface area contributed by atoms with E-state index in [1.165, 1.54) is 0 Å². The predicted molar refractivity (Wildman–Crippen MR) is 133 cm³/mol. The lowest BCUT2D eigenvalue weighted by molar-refractivity contribution is 0.651. The molecule has 3 aromatic heterocycles. The standard InChI is InChI=1S/C29H20N4O/c1-29(2)21-15-30-27(17-9-4-3-5-10-17)32-24(21)25-22(29)16-31-28(33-25)20-13-8-12-19-18-11-6-7-14-23(18)34-26(19)20/h3-16H,1-2H3. The fraction of sp³-hybridized carbons (Fsp3) is 0.103. The van der Waals surface area contributed by atoms with Gasteiger partial charge in [0.05, 0.1) is 17.0 Å². The second-order valence-electron chi connectivity index (χ2n) is 9.18. The van der Waals surface area contributed by atoms with E-state index >= 15 is 0 Å². The van der Waals surface area contributed by atoms with Gasteiger partial charge in [-0.1, -0.05) is 74.5 Å². The zero-order valence-corrected chi connectivity index (χ0v) is 18.8. The van der Waals surface area contributed by atoms with Gasteiger partial charge in [0.25, 0.3) is 0 Å². The molecule has 0 radical (unpaired) electrons. The summed E-state index contributed by atoms with van der Waals surface area (Å²) >= 11 is 0. The number of rotatable bonds is 2. The molecule has 0 atom stereocenters. The molecule has 6 aromatic rings. The Morgan fingerprint density at radius 3 is 2.09 bits per heavy atom. The van der Waals surface area contributed by atoms with Crippen LogP contribution < -0.4 is 0 Å². The van der Waals surface area contributed by atoms with Crippen LogP contribution in [0.25, 0.3) is 56.1 Å². The van der Waals surface area contributed by atoms with Gasteiger partial charge in [-0.25, -0.2) is 19.9 Å². The van der Waals surface area contributed by atoms with Gasteiger partial charge in [0, 0.05) is 45.3 Å². The van der Waals surface area contributed by atoms with Crippen molar-refractivity contribution >= 4 is 21.9 Å². The van der Waals surface area contributed by atoms with Gasteiger partial charge in [0.15, 0.2) is 11.6 Å². The monoisotopic (exact) mass is 440 g/mol. The molecule has 5 heteroatoms. The maximum absolute atomic E-state index is 6.24. The molecule has 1 aliphatic carbocycles. The summed E-state index contributed by atoms with van der Waals surface area (Å²) in [5.74, 6) is 1.33. The van der Waals surface area contributed by atoms with Crippen molar-refractivity contribution in [3.63, 3.8) is 0 Å². The van der Waals surface area contributed by atoms with Crippen LogP contribution in [0.15, 0.2) is 89.6 Å². The number of fused-ring (bicyclic) bond motifs is 6. The van der Waals surface area contributed by atoms with E-state index in [4.69, 9.17) is 19.4 Å². The Labute approximate surface area is 196 Å². The number of benzene rings is 3. The first-order valence-corrected chi connectivity index (χ1v) is 11.3. The molecule has 5 nitrogen and oxygen atoms in total. The smallest absolute Gasteiger partial charge is 0.163 e. The van der Waals surface area contributed by atoms with Crippen molar-refractivity contribution in [2.45, 2.75) is 19.3 Å². The van der Waals surface area contributed by atoms with Crippen LogP contribution in [0, 0.1) is 0 Å². The first kappa shape index (κ1) is 19.1. The van der Waals surface area contributed by atoms with Crippen LogP contribution in [-0.2, 0) is 5.41 Å². The van der Waals surface area contributed by atoms with Crippen LogP contribution in [0.3, 0.4) is 0 Å². The van der Waals surface area contributed by atoms with Crippen molar-refractivity contribution in [1.82, 2.24) is 19.9 Å². The number of hydrogen-bond donors (Lipinski definition) is 0. The summed E-state index contributed by atoms with van der Waals surface area (Å²) < 4.78 is 6.24. The highest BCUT2D eigenvalue weighted by atomic mass is 16.3. The lowest BCUT2D eigenvalue weighted by Crippen LogP contribution is -2.16. The third-order valence-corrected chi connectivity index (χ3v) is 6.83. The van der Waals surface area contributed by atoms with Crippen LogP contribution >= 0.6 is 0 Å². The molecular weight excluding hydrogens is 420 g/mol. The second kappa shape index (κ2) is 6.81. The van der Waals surface area contributed by atoms with Crippen molar-refractivity contribution in [1.29, 1.82) is 0 Å². The number of para-hydroxylation sites is 2. The van der Waals surface area contributed by atoms with Crippen LogP contribution in [0.2, 0.25) is 0 Å². The summed E-state index contributed by atoms with van der Waals surface area (Å²) in [6, 6.07) is 24.2. The fourth-order valence-corrected chi connectivity index (χ4v) is 4.96. The average Bonchev–Trinajstić information content (AvgIpc) is 3.37. The quantitative estimate of drug-likeness (QED) is 0.296. The van der Waals surface area contributed by atoms with Crippen LogP contribution in [-0.4, -0.2) is 19.9 Å². The lowest BCUT2D eigenvalue weighted by atomic mass is 9.84. The molecule has 7 rings (SSSR count). The summed E-state index contributed by atoms with van der Waals surface area (Å²) in [6.07, 6.45) is 3.87. The Morgan fingerprint density at radius 1 is 0.647 bits per heavy atom. The van der Waals surface area contributed by atoms with Crippen LogP contribution in [0.1, 0.15) is 25.0 Å². The van der Waals surface area contributed by atoms with Gasteiger partial charge in [-0.3, -0.25) is 0 Å². The van der Waals surface area contributed by atoms with Gasteiger partial charge in [-0.15, -0.1) is 0 Å². The minimum absolute atomic E-state index is 0.274. The van der Waals surface area contributed by atoms with Crippen LogP contribution in [0.5, 0.6) is 0 Å². The SMILES string of the molecule is CC1(C)c2cnc(-c3ccccc3)nc2-c2nc(-c3cccc4c3oc3ccccc34)ncc21. The van der Waals surface area contributed by atoms with Crippen molar-refractivity contribution in [2.75, 3.05) is 0 Å². The maximum atomic E-state index is 6.24. The van der Waals surface area contributed by atoms with Gasteiger partial charge in [0.1, 0.15) is 11.2 Å². The predicted octanol–water partition coefficient (Wildman–Crippen LogP) is 6.81. The first-order valence-electron chi connectivity index (χ1n) is 11.3. The molecule has 0 saturated heterocycles. The summed E-state index contributed by atoms with van der Waals surface area (Å²) in [7, 11) is 0. The highest BCUT2D eigenvalue weighted by molar-refractivity contribution is 6.09.